The number of likely N-dealkylation sites (tertiary alicyclic amines) is 1. The molecule has 1 aromatic rings. The normalized spacial score (nSPS) is 30.9. The van der Waals surface area contributed by atoms with Gasteiger partial charge in [-0.3, -0.25) is 19.2 Å². The van der Waals surface area contributed by atoms with E-state index in [1.807, 2.05) is 17.9 Å². The van der Waals surface area contributed by atoms with Crippen LogP contribution in [0.3, 0.4) is 0 Å². The zero-order valence-corrected chi connectivity index (χ0v) is 15.0. The summed E-state index contributed by atoms with van der Waals surface area (Å²) in [6, 6.07) is 0. The first kappa shape index (κ1) is 17.0. The van der Waals surface area contributed by atoms with Gasteiger partial charge in [-0.1, -0.05) is 0 Å². The predicted octanol–water partition coefficient (Wildman–Crippen LogP) is 1.20. The number of hydrogen-bond acceptors (Lipinski definition) is 5. The molecule has 7 heteroatoms. The third-order valence-corrected chi connectivity index (χ3v) is 5.68. The minimum Gasteiger partial charge on any atom is -0.378 e. The van der Waals surface area contributed by atoms with Gasteiger partial charge in [0.25, 0.3) is 0 Å². The van der Waals surface area contributed by atoms with E-state index in [4.69, 9.17) is 9.57 Å². The monoisotopic (exact) mass is 348 g/mol. The van der Waals surface area contributed by atoms with Crippen molar-refractivity contribution in [2.24, 2.45) is 18.9 Å². The fourth-order valence-corrected chi connectivity index (χ4v) is 4.40. The summed E-state index contributed by atoms with van der Waals surface area (Å²) in [7, 11) is 1.94. The van der Waals surface area contributed by atoms with Crippen LogP contribution in [0.15, 0.2) is 12.4 Å². The standard InChI is InChI=1S/C18H28N4O3/c1-20-11-14(10-19-20)12-21-7-4-17-16(13-21)15(5-9-24-17)18(23)22-6-2-3-8-25-22/h10-11,15-17H,2-9,12-13H2,1H3/t15-,16+,17-/m0/s1. The molecule has 4 rings (SSSR count). The van der Waals surface area contributed by atoms with Crippen molar-refractivity contribution in [1.29, 1.82) is 0 Å². The molecule has 3 fully saturated rings. The Labute approximate surface area is 148 Å². The largest absolute Gasteiger partial charge is 0.378 e. The van der Waals surface area contributed by atoms with Crippen LogP contribution >= 0.6 is 0 Å². The van der Waals surface area contributed by atoms with Gasteiger partial charge in [0.05, 0.1) is 18.9 Å². The van der Waals surface area contributed by atoms with Crippen molar-refractivity contribution in [3.8, 4) is 0 Å². The van der Waals surface area contributed by atoms with Crippen molar-refractivity contribution in [3.05, 3.63) is 18.0 Å². The molecule has 138 valence electrons. The molecule has 3 atom stereocenters. The number of aromatic nitrogens is 2. The summed E-state index contributed by atoms with van der Waals surface area (Å²) in [5.74, 6) is 0.451. The smallest absolute Gasteiger partial charge is 0.249 e. The minimum atomic E-state index is 0.0218. The van der Waals surface area contributed by atoms with Gasteiger partial charge in [-0.15, -0.1) is 0 Å². The Kier molecular flexibility index (Phi) is 5.05. The average Bonchev–Trinajstić information content (AvgIpc) is 3.06. The lowest BCUT2D eigenvalue weighted by Crippen LogP contribution is -2.54. The molecule has 7 nitrogen and oxygen atoms in total. The van der Waals surface area contributed by atoms with Gasteiger partial charge >= 0.3 is 0 Å². The van der Waals surface area contributed by atoms with Crippen LogP contribution in [0.4, 0.5) is 0 Å². The number of rotatable bonds is 3. The highest BCUT2D eigenvalue weighted by molar-refractivity contribution is 5.78. The van der Waals surface area contributed by atoms with Crippen molar-refractivity contribution < 1.29 is 14.4 Å². The summed E-state index contributed by atoms with van der Waals surface area (Å²) in [6.45, 7) is 4.89. The van der Waals surface area contributed by atoms with E-state index in [0.29, 0.717) is 13.2 Å². The van der Waals surface area contributed by atoms with E-state index < -0.39 is 0 Å². The first-order valence-corrected chi connectivity index (χ1v) is 9.46. The van der Waals surface area contributed by atoms with Gasteiger partial charge in [0.2, 0.25) is 5.91 Å². The fourth-order valence-electron chi connectivity index (χ4n) is 4.40. The Hall–Kier alpha value is -1.44. The maximum Gasteiger partial charge on any atom is 0.249 e. The highest BCUT2D eigenvalue weighted by Crippen LogP contribution is 2.35. The summed E-state index contributed by atoms with van der Waals surface area (Å²) in [6.07, 6.45) is 8.08. The summed E-state index contributed by atoms with van der Waals surface area (Å²) < 4.78 is 7.84. The lowest BCUT2D eigenvalue weighted by atomic mass is 9.78. The number of aryl methyl sites for hydroxylation is 1. The fraction of sp³-hybridized carbons (Fsp3) is 0.778. The first-order valence-electron chi connectivity index (χ1n) is 9.46. The van der Waals surface area contributed by atoms with E-state index in [1.54, 1.807) is 5.06 Å². The van der Waals surface area contributed by atoms with E-state index in [0.717, 1.165) is 51.9 Å². The molecule has 0 spiro atoms. The molecule has 0 N–H and O–H groups in total. The molecule has 3 saturated heterocycles. The van der Waals surface area contributed by atoms with Crippen LogP contribution in [0, 0.1) is 11.8 Å². The zero-order valence-electron chi connectivity index (χ0n) is 15.0. The Morgan fingerprint density at radius 2 is 2.20 bits per heavy atom. The third-order valence-electron chi connectivity index (χ3n) is 5.68. The number of carbonyl (C=O) groups excluding carboxylic acids is 1. The van der Waals surface area contributed by atoms with Crippen LogP contribution in [-0.4, -0.2) is 64.6 Å². The van der Waals surface area contributed by atoms with Crippen molar-refractivity contribution in [2.75, 3.05) is 32.8 Å². The average molecular weight is 348 g/mol. The molecule has 0 bridgehead atoms. The molecule has 0 aromatic carbocycles. The Morgan fingerprint density at radius 1 is 1.28 bits per heavy atom. The van der Waals surface area contributed by atoms with Gasteiger partial charge in [-0.25, -0.2) is 5.06 Å². The molecule has 25 heavy (non-hydrogen) atoms. The van der Waals surface area contributed by atoms with Crippen LogP contribution < -0.4 is 0 Å². The van der Waals surface area contributed by atoms with E-state index >= 15 is 0 Å². The Morgan fingerprint density at radius 3 is 2.96 bits per heavy atom. The number of amides is 1. The Bertz CT molecular complexity index is 599. The van der Waals surface area contributed by atoms with E-state index in [9.17, 15) is 4.79 Å². The van der Waals surface area contributed by atoms with Crippen LogP contribution in [0.25, 0.3) is 0 Å². The van der Waals surface area contributed by atoms with Crippen LogP contribution in [0.5, 0.6) is 0 Å². The van der Waals surface area contributed by atoms with Crippen LogP contribution in [0.1, 0.15) is 31.2 Å². The molecule has 0 unspecified atom stereocenters. The van der Waals surface area contributed by atoms with Crippen molar-refractivity contribution in [1.82, 2.24) is 19.7 Å². The number of fused-ring (bicyclic) bond motifs is 1. The predicted molar refractivity (Wildman–Crippen MR) is 91.3 cm³/mol. The lowest BCUT2D eigenvalue weighted by Gasteiger charge is -2.45. The van der Waals surface area contributed by atoms with E-state index in [1.165, 1.54) is 5.56 Å². The number of carbonyl (C=O) groups is 1. The van der Waals surface area contributed by atoms with Gasteiger partial charge in [-0.05, 0) is 25.7 Å². The molecule has 0 radical (unpaired) electrons. The second kappa shape index (κ2) is 7.43. The summed E-state index contributed by atoms with van der Waals surface area (Å²) >= 11 is 0. The summed E-state index contributed by atoms with van der Waals surface area (Å²) in [5.41, 5.74) is 1.22. The SMILES string of the molecule is Cn1cc(CN2CC[C@@H]3OCC[C@H](C(=O)N4CCCCO4)[C@H]3C2)cn1. The van der Waals surface area contributed by atoms with Crippen LogP contribution in [0.2, 0.25) is 0 Å². The zero-order chi connectivity index (χ0) is 17.2. The second-order valence-electron chi connectivity index (χ2n) is 7.49. The lowest BCUT2D eigenvalue weighted by molar-refractivity contribution is -0.209. The Balaban J connectivity index is 1.43. The van der Waals surface area contributed by atoms with Crippen molar-refractivity contribution in [2.45, 2.75) is 38.3 Å². The van der Waals surface area contributed by atoms with Crippen molar-refractivity contribution >= 4 is 5.91 Å². The number of hydrogen-bond donors (Lipinski definition) is 0. The van der Waals surface area contributed by atoms with Crippen LogP contribution in [-0.2, 0) is 28.0 Å². The van der Waals surface area contributed by atoms with Gasteiger partial charge in [0.1, 0.15) is 0 Å². The summed E-state index contributed by atoms with van der Waals surface area (Å²) in [4.78, 5) is 21.0. The number of nitrogens with zero attached hydrogens (tertiary/aromatic N) is 4. The van der Waals surface area contributed by atoms with Gasteiger partial charge in [0, 0.05) is 63.4 Å². The quantitative estimate of drug-likeness (QED) is 0.821. The minimum absolute atomic E-state index is 0.0218. The summed E-state index contributed by atoms with van der Waals surface area (Å²) in [5, 5.41) is 5.88. The van der Waals surface area contributed by atoms with Crippen molar-refractivity contribution in [3.63, 3.8) is 0 Å². The van der Waals surface area contributed by atoms with E-state index in [2.05, 4.69) is 16.2 Å². The third kappa shape index (κ3) is 3.73. The molecule has 1 aromatic heterocycles. The highest BCUT2D eigenvalue weighted by Gasteiger charge is 2.43. The van der Waals surface area contributed by atoms with Gasteiger partial charge < -0.3 is 4.74 Å². The molecular weight excluding hydrogens is 320 g/mol. The molecule has 3 aliphatic heterocycles. The van der Waals surface area contributed by atoms with Gasteiger partial charge in [0.15, 0.2) is 0 Å². The first-order chi connectivity index (χ1) is 12.2. The molecule has 4 heterocycles. The highest BCUT2D eigenvalue weighted by atomic mass is 16.7. The topological polar surface area (TPSA) is 59.8 Å². The number of piperidine rings is 1. The van der Waals surface area contributed by atoms with Gasteiger partial charge in [-0.2, -0.15) is 5.10 Å². The molecule has 0 aliphatic carbocycles. The molecule has 1 amide bonds. The molecule has 0 saturated carbocycles. The molecular formula is C18H28N4O3. The second-order valence-corrected chi connectivity index (χ2v) is 7.49. The maximum absolute atomic E-state index is 13.0. The maximum atomic E-state index is 13.0. The number of ether oxygens (including phenoxy) is 1. The van der Waals surface area contributed by atoms with E-state index in [-0.39, 0.29) is 23.8 Å². The number of hydroxylamine groups is 2. The molecule has 3 aliphatic rings.